The molecule has 3 rings (SSSR count). The molecule has 0 spiro atoms. The number of amides is 1. The van der Waals surface area contributed by atoms with Crippen LogP contribution >= 0.6 is 0 Å². The summed E-state index contributed by atoms with van der Waals surface area (Å²) in [4.78, 5) is 30.0. The molecular weight excluding hydrogens is 340 g/mol. The van der Waals surface area contributed by atoms with Crippen molar-refractivity contribution < 1.29 is 9.53 Å². The molecule has 1 heterocycles. The third-order valence-electron chi connectivity index (χ3n) is 4.55. The zero-order valence-corrected chi connectivity index (χ0v) is 15.9. The van der Waals surface area contributed by atoms with E-state index in [0.717, 1.165) is 22.9 Å². The van der Waals surface area contributed by atoms with Crippen molar-refractivity contribution in [2.24, 2.45) is 0 Å². The van der Waals surface area contributed by atoms with E-state index in [2.05, 4.69) is 4.98 Å². The van der Waals surface area contributed by atoms with Crippen LogP contribution in [0.15, 0.2) is 53.3 Å². The van der Waals surface area contributed by atoms with Crippen LogP contribution in [-0.4, -0.2) is 18.0 Å². The van der Waals surface area contributed by atoms with Gasteiger partial charge < -0.3 is 14.6 Å². The predicted octanol–water partition coefficient (Wildman–Crippen LogP) is 4.18. The number of benzene rings is 2. The third-order valence-corrected chi connectivity index (χ3v) is 4.55. The topological polar surface area (TPSA) is 62.4 Å². The fourth-order valence-electron chi connectivity index (χ4n) is 3.16. The fraction of sp³-hybridized carbons (Fsp3) is 0.273. The molecule has 0 bridgehead atoms. The van der Waals surface area contributed by atoms with Gasteiger partial charge in [-0.15, -0.1) is 0 Å². The van der Waals surface area contributed by atoms with Gasteiger partial charge in [-0.05, 0) is 48.6 Å². The van der Waals surface area contributed by atoms with E-state index < -0.39 is 0 Å². The van der Waals surface area contributed by atoms with Gasteiger partial charge in [-0.1, -0.05) is 31.2 Å². The Labute approximate surface area is 158 Å². The molecule has 0 aliphatic rings. The van der Waals surface area contributed by atoms with Crippen LogP contribution in [0.2, 0.25) is 0 Å². The highest BCUT2D eigenvalue weighted by Gasteiger charge is 2.20. The molecule has 1 N–H and O–H groups in total. The number of hydrogen-bond acceptors (Lipinski definition) is 3. The summed E-state index contributed by atoms with van der Waals surface area (Å²) in [5.74, 6) is 0.570. The molecule has 0 unspecified atom stereocenters. The number of nitrogens with zero attached hydrogens (tertiary/aromatic N) is 1. The first-order valence-corrected chi connectivity index (χ1v) is 9.09. The Morgan fingerprint density at radius 3 is 2.67 bits per heavy atom. The van der Waals surface area contributed by atoms with Crippen LogP contribution in [0.3, 0.4) is 0 Å². The lowest BCUT2D eigenvalue weighted by molar-refractivity contribution is -0.118. The lowest BCUT2D eigenvalue weighted by Gasteiger charge is -2.24. The Balaban J connectivity index is 2.05. The van der Waals surface area contributed by atoms with Gasteiger partial charge in [0.2, 0.25) is 5.91 Å². The summed E-state index contributed by atoms with van der Waals surface area (Å²) >= 11 is 0. The molecule has 0 aliphatic carbocycles. The number of ether oxygens (including phenoxy) is 1. The van der Waals surface area contributed by atoms with Crippen LogP contribution in [-0.2, 0) is 11.3 Å². The second-order valence-electron chi connectivity index (χ2n) is 6.62. The lowest BCUT2D eigenvalue weighted by atomic mass is 10.1. The van der Waals surface area contributed by atoms with Gasteiger partial charge in [0, 0.05) is 17.5 Å². The fourth-order valence-corrected chi connectivity index (χ4v) is 3.16. The van der Waals surface area contributed by atoms with Crippen LogP contribution in [0.25, 0.3) is 10.9 Å². The maximum absolute atomic E-state index is 12.8. The van der Waals surface area contributed by atoms with Crippen molar-refractivity contribution in [3.8, 4) is 5.75 Å². The lowest BCUT2D eigenvalue weighted by Crippen LogP contribution is -2.32. The van der Waals surface area contributed by atoms with Crippen LogP contribution in [0, 0.1) is 6.92 Å². The zero-order valence-electron chi connectivity index (χ0n) is 15.9. The number of anilines is 1. The third kappa shape index (κ3) is 4.03. The van der Waals surface area contributed by atoms with E-state index in [0.29, 0.717) is 23.4 Å². The zero-order chi connectivity index (χ0) is 19.4. The van der Waals surface area contributed by atoms with E-state index in [-0.39, 0.29) is 18.0 Å². The van der Waals surface area contributed by atoms with Gasteiger partial charge in [-0.3, -0.25) is 9.59 Å². The van der Waals surface area contributed by atoms with Gasteiger partial charge in [0.15, 0.2) is 0 Å². The Kier molecular flexibility index (Phi) is 5.60. The van der Waals surface area contributed by atoms with Gasteiger partial charge >= 0.3 is 0 Å². The van der Waals surface area contributed by atoms with Crippen molar-refractivity contribution in [2.45, 2.75) is 33.2 Å². The molecule has 1 amide bonds. The number of methoxy groups -OCH3 is 1. The van der Waals surface area contributed by atoms with Crippen molar-refractivity contribution in [1.29, 1.82) is 0 Å². The summed E-state index contributed by atoms with van der Waals surface area (Å²) < 4.78 is 5.43. The average Bonchev–Trinajstić information content (AvgIpc) is 2.66. The summed E-state index contributed by atoms with van der Waals surface area (Å²) in [6.07, 6.45) is 1.14. The summed E-state index contributed by atoms with van der Waals surface area (Å²) in [6, 6.07) is 15.2. The largest absolute Gasteiger partial charge is 0.495 e. The first-order valence-electron chi connectivity index (χ1n) is 9.09. The molecule has 0 fully saturated rings. The van der Waals surface area contributed by atoms with Crippen LogP contribution < -0.4 is 15.2 Å². The van der Waals surface area contributed by atoms with E-state index in [4.69, 9.17) is 4.74 Å². The number of aryl methyl sites for hydroxylation is 1. The number of H-pyrrole nitrogens is 1. The smallest absolute Gasteiger partial charge is 0.253 e. The standard InChI is InChI=1S/C22H24N2O3/c1-4-7-21(25)24(19-8-5-6-9-20(19)27-3)14-17-13-16-11-10-15(2)12-18(16)23-22(17)26/h5-6,8-13H,4,7,14H2,1-3H3,(H,23,26). The van der Waals surface area contributed by atoms with E-state index in [9.17, 15) is 9.59 Å². The molecule has 0 saturated carbocycles. The van der Waals surface area contributed by atoms with Crippen LogP contribution in [0.4, 0.5) is 5.69 Å². The number of hydrogen-bond donors (Lipinski definition) is 1. The normalized spacial score (nSPS) is 10.8. The van der Waals surface area contributed by atoms with Gasteiger partial charge in [-0.25, -0.2) is 0 Å². The number of rotatable bonds is 6. The Morgan fingerprint density at radius 1 is 1.15 bits per heavy atom. The molecular formula is C22H24N2O3. The number of pyridine rings is 1. The SMILES string of the molecule is CCCC(=O)N(Cc1cc2ccc(C)cc2[nH]c1=O)c1ccccc1OC. The maximum atomic E-state index is 12.8. The summed E-state index contributed by atoms with van der Waals surface area (Å²) in [7, 11) is 1.58. The molecule has 0 saturated heterocycles. The molecule has 5 nitrogen and oxygen atoms in total. The highest BCUT2D eigenvalue weighted by Crippen LogP contribution is 2.29. The first-order chi connectivity index (χ1) is 13.0. The van der Waals surface area contributed by atoms with Crippen molar-refractivity contribution >= 4 is 22.5 Å². The minimum absolute atomic E-state index is 0.0367. The van der Waals surface area contributed by atoms with Crippen LogP contribution in [0.1, 0.15) is 30.9 Å². The molecule has 0 atom stereocenters. The molecule has 0 aliphatic heterocycles. The number of aromatic nitrogens is 1. The highest BCUT2D eigenvalue weighted by atomic mass is 16.5. The van der Waals surface area contributed by atoms with Crippen molar-refractivity contribution in [2.75, 3.05) is 12.0 Å². The van der Waals surface area contributed by atoms with Crippen molar-refractivity contribution in [3.63, 3.8) is 0 Å². The van der Waals surface area contributed by atoms with Gasteiger partial charge in [0.1, 0.15) is 5.75 Å². The number of carbonyl (C=O) groups excluding carboxylic acids is 1. The van der Waals surface area contributed by atoms with E-state index in [1.54, 1.807) is 12.0 Å². The monoisotopic (exact) mass is 364 g/mol. The van der Waals surface area contributed by atoms with Crippen molar-refractivity contribution in [1.82, 2.24) is 4.98 Å². The molecule has 3 aromatic rings. The van der Waals surface area contributed by atoms with E-state index >= 15 is 0 Å². The molecule has 27 heavy (non-hydrogen) atoms. The first kappa shape index (κ1) is 18.7. The minimum Gasteiger partial charge on any atom is -0.495 e. The van der Waals surface area contributed by atoms with E-state index in [1.807, 2.05) is 62.4 Å². The second-order valence-corrected chi connectivity index (χ2v) is 6.62. The van der Waals surface area contributed by atoms with Gasteiger partial charge in [-0.2, -0.15) is 0 Å². The number of aromatic amines is 1. The molecule has 1 aromatic heterocycles. The Hall–Kier alpha value is -3.08. The summed E-state index contributed by atoms with van der Waals surface area (Å²) in [5.41, 5.74) is 2.91. The van der Waals surface area contributed by atoms with Crippen molar-refractivity contribution in [3.05, 3.63) is 70.0 Å². The number of nitrogens with one attached hydrogen (secondary N) is 1. The van der Waals surface area contributed by atoms with E-state index in [1.165, 1.54) is 0 Å². The Morgan fingerprint density at radius 2 is 1.93 bits per heavy atom. The van der Waals surface area contributed by atoms with Gasteiger partial charge in [0.05, 0.1) is 19.3 Å². The van der Waals surface area contributed by atoms with Gasteiger partial charge in [0.25, 0.3) is 5.56 Å². The number of para-hydroxylation sites is 2. The molecule has 0 radical (unpaired) electrons. The van der Waals surface area contributed by atoms with Crippen LogP contribution in [0.5, 0.6) is 5.75 Å². The highest BCUT2D eigenvalue weighted by molar-refractivity contribution is 5.95. The molecule has 140 valence electrons. The maximum Gasteiger partial charge on any atom is 0.253 e. The average molecular weight is 364 g/mol. The predicted molar refractivity (Wildman–Crippen MR) is 108 cm³/mol. The molecule has 2 aromatic carbocycles. The second kappa shape index (κ2) is 8.08. The Bertz CT molecular complexity index is 1020. The summed E-state index contributed by atoms with van der Waals surface area (Å²) in [5, 5.41) is 0.943. The minimum atomic E-state index is -0.183. The summed E-state index contributed by atoms with van der Waals surface area (Å²) in [6.45, 7) is 4.14. The molecule has 5 heteroatoms. The quantitative estimate of drug-likeness (QED) is 0.714. The number of carbonyl (C=O) groups is 1. The number of fused-ring (bicyclic) bond motifs is 1.